The third-order valence-electron chi connectivity index (χ3n) is 1.91. The molecular weight excluding hydrogens is 315 g/mol. The van der Waals surface area contributed by atoms with Crippen molar-refractivity contribution in [3.05, 3.63) is 26.8 Å². The van der Waals surface area contributed by atoms with Gasteiger partial charge in [-0.2, -0.15) is 8.42 Å². The Morgan fingerprint density at radius 3 is 2.29 bits per heavy atom. The average molecular weight is 326 g/mol. The van der Waals surface area contributed by atoms with Crippen molar-refractivity contribution in [1.82, 2.24) is 0 Å². The van der Waals surface area contributed by atoms with Gasteiger partial charge in [-0.25, -0.2) is 0 Å². The molecule has 1 aromatic carbocycles. The Balaban J connectivity index is 3.19. The quantitative estimate of drug-likeness (QED) is 0.618. The van der Waals surface area contributed by atoms with E-state index in [0.29, 0.717) is 5.75 Å². The minimum absolute atomic E-state index is 0.408. The molecule has 0 amide bonds. The lowest BCUT2D eigenvalue weighted by atomic mass is 10.1. The highest BCUT2D eigenvalue weighted by atomic mass is 127. The van der Waals surface area contributed by atoms with E-state index in [4.69, 9.17) is 4.18 Å². The fraction of sp³-hybridized carbons (Fsp3) is 0.333. The van der Waals surface area contributed by atoms with Gasteiger partial charge in [0.15, 0.2) is 0 Å². The number of halogens is 1. The highest BCUT2D eigenvalue weighted by molar-refractivity contribution is 14.1. The van der Waals surface area contributed by atoms with Crippen molar-refractivity contribution in [2.45, 2.75) is 13.8 Å². The maximum atomic E-state index is 10.9. The summed E-state index contributed by atoms with van der Waals surface area (Å²) in [5.74, 6) is 0.408. The maximum Gasteiger partial charge on any atom is 0.306 e. The molecular formula is C9H11IO3S. The molecule has 0 aliphatic rings. The molecule has 3 nitrogen and oxygen atoms in total. The van der Waals surface area contributed by atoms with Crippen molar-refractivity contribution in [3.8, 4) is 5.75 Å². The Morgan fingerprint density at radius 2 is 1.79 bits per heavy atom. The second-order valence-electron chi connectivity index (χ2n) is 3.08. The van der Waals surface area contributed by atoms with Crippen molar-refractivity contribution in [2.24, 2.45) is 0 Å². The first kappa shape index (κ1) is 11.8. The standard InChI is InChI=1S/C9H11IO3S/c1-6-7(2)9(5-4-8(6)10)13-14(3,11)12/h4-5H,1-3H3. The lowest BCUT2D eigenvalue weighted by molar-refractivity contribution is 0.490. The van der Waals surface area contributed by atoms with Gasteiger partial charge in [0, 0.05) is 3.57 Å². The molecule has 0 aromatic heterocycles. The minimum Gasteiger partial charge on any atom is -0.382 e. The molecule has 0 saturated heterocycles. The Labute approximate surface area is 97.7 Å². The zero-order valence-electron chi connectivity index (χ0n) is 8.17. The molecule has 0 unspecified atom stereocenters. The molecule has 0 aliphatic heterocycles. The van der Waals surface area contributed by atoms with E-state index in [9.17, 15) is 8.42 Å². The number of benzene rings is 1. The second-order valence-corrected chi connectivity index (χ2v) is 5.82. The average Bonchev–Trinajstić information content (AvgIpc) is 2.04. The largest absolute Gasteiger partial charge is 0.382 e. The predicted octanol–water partition coefficient (Wildman–Crippen LogP) is 2.25. The molecule has 1 aromatic rings. The first-order chi connectivity index (χ1) is 6.31. The normalized spacial score (nSPS) is 11.4. The molecule has 0 fully saturated rings. The van der Waals surface area contributed by atoms with Crippen LogP contribution in [0.1, 0.15) is 11.1 Å². The summed E-state index contributed by atoms with van der Waals surface area (Å²) in [4.78, 5) is 0. The second kappa shape index (κ2) is 4.06. The van der Waals surface area contributed by atoms with Crippen LogP contribution in [0.2, 0.25) is 0 Å². The van der Waals surface area contributed by atoms with Gasteiger partial charge in [0.2, 0.25) is 0 Å². The van der Waals surface area contributed by atoms with Gasteiger partial charge in [-0.1, -0.05) is 0 Å². The van der Waals surface area contributed by atoms with E-state index in [-0.39, 0.29) is 0 Å². The van der Waals surface area contributed by atoms with Crippen molar-refractivity contribution < 1.29 is 12.6 Å². The Bertz CT molecular complexity index is 451. The van der Waals surface area contributed by atoms with Gasteiger partial charge in [0.05, 0.1) is 6.26 Å². The molecule has 0 atom stereocenters. The molecule has 0 N–H and O–H groups in total. The zero-order chi connectivity index (χ0) is 10.9. The highest BCUT2D eigenvalue weighted by Crippen LogP contribution is 2.25. The molecule has 0 heterocycles. The van der Waals surface area contributed by atoms with Crippen molar-refractivity contribution >= 4 is 32.7 Å². The van der Waals surface area contributed by atoms with Gasteiger partial charge in [-0.3, -0.25) is 0 Å². The van der Waals surface area contributed by atoms with Crippen molar-refractivity contribution in [1.29, 1.82) is 0 Å². The summed E-state index contributed by atoms with van der Waals surface area (Å²) in [5, 5.41) is 0. The SMILES string of the molecule is Cc1c(I)ccc(OS(C)(=O)=O)c1C. The van der Waals surface area contributed by atoms with E-state index in [1.54, 1.807) is 6.07 Å². The lowest BCUT2D eigenvalue weighted by Crippen LogP contribution is -2.07. The first-order valence-corrected chi connectivity index (χ1v) is 6.86. The van der Waals surface area contributed by atoms with Gasteiger partial charge >= 0.3 is 10.1 Å². The highest BCUT2D eigenvalue weighted by Gasteiger charge is 2.10. The number of hydrogen-bond acceptors (Lipinski definition) is 3. The molecule has 0 saturated carbocycles. The summed E-state index contributed by atoms with van der Waals surface area (Å²) in [6, 6.07) is 3.51. The monoisotopic (exact) mass is 326 g/mol. The van der Waals surface area contributed by atoms with Crippen molar-refractivity contribution in [3.63, 3.8) is 0 Å². The minimum atomic E-state index is -3.43. The van der Waals surface area contributed by atoms with Crippen LogP contribution in [-0.2, 0) is 10.1 Å². The molecule has 0 spiro atoms. The number of hydrogen-bond donors (Lipinski definition) is 0. The summed E-state index contributed by atoms with van der Waals surface area (Å²) < 4.78 is 27.8. The molecule has 0 bridgehead atoms. The zero-order valence-corrected chi connectivity index (χ0v) is 11.1. The van der Waals surface area contributed by atoms with Gasteiger partial charge in [-0.05, 0) is 59.7 Å². The fourth-order valence-electron chi connectivity index (χ4n) is 1.02. The molecule has 0 radical (unpaired) electrons. The van der Waals surface area contributed by atoms with E-state index in [2.05, 4.69) is 22.6 Å². The van der Waals surface area contributed by atoms with E-state index in [1.807, 2.05) is 19.9 Å². The molecule has 1 rings (SSSR count). The summed E-state index contributed by atoms with van der Waals surface area (Å²) in [5.41, 5.74) is 1.91. The Hall–Kier alpha value is -0.300. The fourth-order valence-corrected chi connectivity index (χ4v) is 2.11. The van der Waals surface area contributed by atoms with E-state index in [1.165, 1.54) is 0 Å². The smallest absolute Gasteiger partial charge is 0.306 e. The Morgan fingerprint density at radius 1 is 1.21 bits per heavy atom. The summed E-state index contributed by atoms with van der Waals surface area (Å²) in [6.45, 7) is 3.78. The number of rotatable bonds is 2. The predicted molar refractivity (Wildman–Crippen MR) is 64.1 cm³/mol. The van der Waals surface area contributed by atoms with Crippen molar-refractivity contribution in [2.75, 3.05) is 6.26 Å². The van der Waals surface area contributed by atoms with Crippen LogP contribution in [-0.4, -0.2) is 14.7 Å². The summed E-state index contributed by atoms with van der Waals surface area (Å²) in [7, 11) is -3.43. The van der Waals surface area contributed by atoms with Gasteiger partial charge in [0.25, 0.3) is 0 Å². The van der Waals surface area contributed by atoms with Gasteiger partial charge in [-0.15, -0.1) is 0 Å². The third kappa shape index (κ3) is 2.84. The summed E-state index contributed by atoms with van der Waals surface area (Å²) >= 11 is 2.20. The lowest BCUT2D eigenvalue weighted by Gasteiger charge is -2.09. The third-order valence-corrected chi connectivity index (χ3v) is 3.56. The van der Waals surface area contributed by atoms with Crippen LogP contribution in [0.4, 0.5) is 0 Å². The van der Waals surface area contributed by atoms with Crippen LogP contribution in [0.15, 0.2) is 12.1 Å². The topological polar surface area (TPSA) is 43.4 Å². The van der Waals surface area contributed by atoms with Gasteiger partial charge in [0.1, 0.15) is 5.75 Å². The van der Waals surface area contributed by atoms with E-state index < -0.39 is 10.1 Å². The molecule has 0 aliphatic carbocycles. The van der Waals surface area contributed by atoms with Crippen LogP contribution >= 0.6 is 22.6 Å². The van der Waals surface area contributed by atoms with Crippen LogP contribution in [0.25, 0.3) is 0 Å². The summed E-state index contributed by atoms with van der Waals surface area (Å²) in [6.07, 6.45) is 1.04. The Kier molecular flexibility index (Phi) is 3.41. The van der Waals surface area contributed by atoms with Crippen LogP contribution in [0.5, 0.6) is 5.75 Å². The van der Waals surface area contributed by atoms with Gasteiger partial charge < -0.3 is 4.18 Å². The van der Waals surface area contributed by atoms with E-state index in [0.717, 1.165) is 21.0 Å². The van der Waals surface area contributed by atoms with E-state index >= 15 is 0 Å². The van der Waals surface area contributed by atoms with Crippen LogP contribution in [0.3, 0.4) is 0 Å². The van der Waals surface area contributed by atoms with Crippen LogP contribution in [0, 0.1) is 17.4 Å². The molecule has 5 heteroatoms. The molecule has 14 heavy (non-hydrogen) atoms. The molecule has 78 valence electrons. The van der Waals surface area contributed by atoms with Crippen LogP contribution < -0.4 is 4.18 Å². The first-order valence-electron chi connectivity index (χ1n) is 3.96. The maximum absolute atomic E-state index is 10.9.